The summed E-state index contributed by atoms with van der Waals surface area (Å²) in [6, 6.07) is 9.42. The van der Waals surface area contributed by atoms with Gasteiger partial charge < -0.3 is 10.2 Å². The number of fused-ring (bicyclic) bond motifs is 1. The van der Waals surface area contributed by atoms with Crippen LogP contribution in [0.5, 0.6) is 0 Å². The van der Waals surface area contributed by atoms with E-state index in [4.69, 9.17) is 4.98 Å². The van der Waals surface area contributed by atoms with E-state index >= 15 is 0 Å². The minimum atomic E-state index is 0.520. The zero-order valence-electron chi connectivity index (χ0n) is 10.2. The number of benzene rings is 1. The molecule has 0 saturated carbocycles. The van der Waals surface area contributed by atoms with Crippen molar-refractivity contribution in [3.05, 3.63) is 24.3 Å². The van der Waals surface area contributed by atoms with Crippen LogP contribution in [0.25, 0.3) is 10.2 Å². The van der Waals surface area contributed by atoms with Gasteiger partial charge in [0, 0.05) is 25.2 Å². The first-order valence-corrected chi connectivity index (χ1v) is 6.91. The third-order valence-corrected chi connectivity index (χ3v) is 4.37. The second-order valence-corrected chi connectivity index (χ2v) is 5.78. The van der Waals surface area contributed by atoms with E-state index in [0.29, 0.717) is 12.1 Å². The van der Waals surface area contributed by atoms with Gasteiger partial charge in [0.2, 0.25) is 0 Å². The van der Waals surface area contributed by atoms with Gasteiger partial charge in [-0.1, -0.05) is 23.5 Å². The molecule has 0 bridgehead atoms. The average molecular weight is 247 g/mol. The second kappa shape index (κ2) is 4.27. The third-order valence-electron chi connectivity index (χ3n) is 3.29. The van der Waals surface area contributed by atoms with Crippen molar-refractivity contribution < 1.29 is 0 Å². The van der Waals surface area contributed by atoms with Crippen molar-refractivity contribution in [1.82, 2.24) is 10.3 Å². The maximum atomic E-state index is 4.74. The summed E-state index contributed by atoms with van der Waals surface area (Å²) in [6.07, 6.45) is 0. The monoisotopic (exact) mass is 247 g/mol. The molecule has 90 valence electrons. The number of para-hydroxylation sites is 1. The molecule has 4 heteroatoms. The molecule has 1 aliphatic heterocycles. The molecule has 1 aromatic carbocycles. The summed E-state index contributed by atoms with van der Waals surface area (Å²) in [5.41, 5.74) is 1.12. The van der Waals surface area contributed by atoms with Gasteiger partial charge in [0.1, 0.15) is 0 Å². The maximum absolute atomic E-state index is 4.74. The minimum absolute atomic E-state index is 0.520. The van der Waals surface area contributed by atoms with E-state index < -0.39 is 0 Å². The first-order valence-electron chi connectivity index (χ1n) is 6.09. The molecular formula is C13H17N3S. The van der Waals surface area contributed by atoms with Gasteiger partial charge >= 0.3 is 0 Å². The number of thiazole rings is 1. The Hall–Kier alpha value is -1.13. The van der Waals surface area contributed by atoms with Gasteiger partial charge in [-0.25, -0.2) is 4.98 Å². The van der Waals surface area contributed by atoms with Crippen LogP contribution in [0.3, 0.4) is 0 Å². The molecule has 1 N–H and O–H groups in total. The predicted molar refractivity (Wildman–Crippen MR) is 73.9 cm³/mol. The SMILES string of the molecule is CC1CN(c2nc3ccccc3s2)C(C)CN1. The maximum Gasteiger partial charge on any atom is 0.186 e. The van der Waals surface area contributed by atoms with Crippen LogP contribution in [0, 0.1) is 0 Å². The van der Waals surface area contributed by atoms with Gasteiger partial charge in [-0.15, -0.1) is 0 Å². The molecule has 0 amide bonds. The number of nitrogens with one attached hydrogen (secondary N) is 1. The zero-order valence-corrected chi connectivity index (χ0v) is 11.0. The number of rotatable bonds is 1. The summed E-state index contributed by atoms with van der Waals surface area (Å²) in [5.74, 6) is 0. The lowest BCUT2D eigenvalue weighted by Crippen LogP contribution is -2.54. The molecular weight excluding hydrogens is 230 g/mol. The van der Waals surface area contributed by atoms with Crippen LogP contribution in [0.2, 0.25) is 0 Å². The molecule has 2 aromatic rings. The fourth-order valence-electron chi connectivity index (χ4n) is 2.27. The lowest BCUT2D eigenvalue weighted by atomic mass is 10.1. The van der Waals surface area contributed by atoms with Crippen molar-refractivity contribution in [2.75, 3.05) is 18.0 Å². The number of hydrogen-bond donors (Lipinski definition) is 1. The summed E-state index contributed by atoms with van der Waals surface area (Å²) in [7, 11) is 0. The van der Waals surface area contributed by atoms with E-state index in [-0.39, 0.29) is 0 Å². The largest absolute Gasteiger partial charge is 0.343 e. The van der Waals surface area contributed by atoms with Crippen LogP contribution in [0.4, 0.5) is 5.13 Å². The number of anilines is 1. The highest BCUT2D eigenvalue weighted by Gasteiger charge is 2.24. The number of hydrogen-bond acceptors (Lipinski definition) is 4. The molecule has 17 heavy (non-hydrogen) atoms. The van der Waals surface area contributed by atoms with Gasteiger partial charge in [-0.2, -0.15) is 0 Å². The van der Waals surface area contributed by atoms with Gasteiger partial charge in [0.05, 0.1) is 10.2 Å². The highest BCUT2D eigenvalue weighted by Crippen LogP contribution is 2.30. The smallest absolute Gasteiger partial charge is 0.186 e. The van der Waals surface area contributed by atoms with E-state index in [1.165, 1.54) is 4.70 Å². The fraction of sp³-hybridized carbons (Fsp3) is 0.462. The van der Waals surface area contributed by atoms with Gasteiger partial charge in [0.25, 0.3) is 0 Å². The molecule has 0 spiro atoms. The Morgan fingerprint density at radius 3 is 3.00 bits per heavy atom. The fourth-order valence-corrected chi connectivity index (χ4v) is 3.35. The van der Waals surface area contributed by atoms with Crippen LogP contribution >= 0.6 is 11.3 Å². The summed E-state index contributed by atoms with van der Waals surface area (Å²) in [4.78, 5) is 7.16. The lowest BCUT2D eigenvalue weighted by molar-refractivity contribution is 0.425. The Morgan fingerprint density at radius 2 is 2.18 bits per heavy atom. The Kier molecular flexibility index (Phi) is 2.76. The van der Waals surface area contributed by atoms with Crippen LogP contribution < -0.4 is 10.2 Å². The van der Waals surface area contributed by atoms with Crippen LogP contribution in [-0.4, -0.2) is 30.2 Å². The van der Waals surface area contributed by atoms with Crippen LogP contribution in [0.15, 0.2) is 24.3 Å². The first-order chi connectivity index (χ1) is 8.24. The van der Waals surface area contributed by atoms with E-state index in [9.17, 15) is 0 Å². The van der Waals surface area contributed by atoms with Gasteiger partial charge in [-0.3, -0.25) is 0 Å². The Morgan fingerprint density at radius 1 is 1.35 bits per heavy atom. The highest BCUT2D eigenvalue weighted by atomic mass is 32.1. The van der Waals surface area contributed by atoms with E-state index in [1.54, 1.807) is 11.3 Å². The zero-order chi connectivity index (χ0) is 11.8. The highest BCUT2D eigenvalue weighted by molar-refractivity contribution is 7.22. The van der Waals surface area contributed by atoms with Crippen molar-refractivity contribution in [3.63, 3.8) is 0 Å². The second-order valence-electron chi connectivity index (χ2n) is 4.77. The molecule has 2 unspecified atom stereocenters. The van der Waals surface area contributed by atoms with Crippen LogP contribution in [0.1, 0.15) is 13.8 Å². The lowest BCUT2D eigenvalue weighted by Gasteiger charge is -2.37. The third kappa shape index (κ3) is 2.03. The minimum Gasteiger partial charge on any atom is -0.343 e. The first kappa shape index (κ1) is 11.0. The summed E-state index contributed by atoms with van der Waals surface area (Å²) in [6.45, 7) is 6.56. The number of nitrogens with zero attached hydrogens (tertiary/aromatic N) is 2. The van der Waals surface area contributed by atoms with Crippen molar-refractivity contribution in [2.24, 2.45) is 0 Å². The topological polar surface area (TPSA) is 28.2 Å². The predicted octanol–water partition coefficient (Wildman–Crippen LogP) is 2.48. The quantitative estimate of drug-likeness (QED) is 0.839. The van der Waals surface area contributed by atoms with E-state index in [1.807, 2.05) is 0 Å². The molecule has 0 radical (unpaired) electrons. The summed E-state index contributed by atoms with van der Waals surface area (Å²) < 4.78 is 1.28. The number of piperazine rings is 1. The van der Waals surface area contributed by atoms with Crippen molar-refractivity contribution >= 4 is 26.7 Å². The number of aromatic nitrogens is 1. The van der Waals surface area contributed by atoms with E-state index in [2.05, 4.69) is 48.3 Å². The average Bonchev–Trinajstić information content (AvgIpc) is 2.75. The van der Waals surface area contributed by atoms with E-state index in [0.717, 1.165) is 23.7 Å². The Bertz CT molecular complexity index is 489. The van der Waals surface area contributed by atoms with Crippen LogP contribution in [-0.2, 0) is 0 Å². The molecule has 1 aromatic heterocycles. The molecule has 0 aliphatic carbocycles. The van der Waals surface area contributed by atoms with Crippen molar-refractivity contribution in [1.29, 1.82) is 0 Å². The Labute approximate surface area is 105 Å². The summed E-state index contributed by atoms with van der Waals surface area (Å²) >= 11 is 1.80. The standard InChI is InChI=1S/C13H17N3S/c1-9-8-16(10(2)7-14-9)13-15-11-5-3-4-6-12(11)17-13/h3-6,9-10,14H,7-8H2,1-2H3. The molecule has 1 fully saturated rings. The van der Waals surface area contributed by atoms with Crippen molar-refractivity contribution in [3.8, 4) is 0 Å². The molecule has 2 atom stereocenters. The molecule has 3 nitrogen and oxygen atoms in total. The molecule has 1 saturated heterocycles. The van der Waals surface area contributed by atoms with Crippen molar-refractivity contribution in [2.45, 2.75) is 25.9 Å². The van der Waals surface area contributed by atoms with Gasteiger partial charge in [0.15, 0.2) is 5.13 Å². The van der Waals surface area contributed by atoms with Gasteiger partial charge in [-0.05, 0) is 26.0 Å². The summed E-state index contributed by atoms with van der Waals surface area (Å²) in [5, 5.41) is 4.66. The normalized spacial score (nSPS) is 25.4. The molecule has 3 rings (SSSR count). The molecule has 1 aliphatic rings. The molecule has 2 heterocycles. The Balaban J connectivity index is 1.96.